The molecule has 31 heavy (non-hydrogen) atoms. The van der Waals surface area contributed by atoms with Crippen LogP contribution in [0.25, 0.3) is 0 Å². The zero-order valence-electron chi connectivity index (χ0n) is 16.4. The molecule has 1 aromatic carbocycles. The Morgan fingerprint density at radius 1 is 1.03 bits per heavy atom. The molecule has 0 aliphatic carbocycles. The smallest absolute Gasteiger partial charge is 0.417 e. The van der Waals surface area contributed by atoms with Gasteiger partial charge in [0.2, 0.25) is 15.9 Å². The molecule has 166 valence electrons. The number of hydrogen-bond donors (Lipinski definition) is 0. The molecule has 0 bridgehead atoms. The van der Waals surface area contributed by atoms with E-state index in [0.29, 0.717) is 24.8 Å². The summed E-state index contributed by atoms with van der Waals surface area (Å²) in [6.07, 6.45) is -2.45. The number of benzene rings is 1. The van der Waals surface area contributed by atoms with Crippen LogP contribution in [0, 0.1) is 0 Å². The standard InChI is InChI=1S/C20H20F3N3O4S/c21-20(22,23)15-5-8-18(24-11-15)30-16-12-25(13-16)19(27)14-3-6-17(7-4-14)31(28,29)26-9-1-2-10-26/h3-8,11,16H,1-2,9-10,12-13H2. The molecule has 2 fully saturated rings. The van der Waals surface area contributed by atoms with Crippen LogP contribution in [0.4, 0.5) is 13.2 Å². The van der Waals surface area contributed by atoms with Crippen LogP contribution in [0.3, 0.4) is 0 Å². The van der Waals surface area contributed by atoms with Gasteiger partial charge in [-0.2, -0.15) is 17.5 Å². The first-order chi connectivity index (χ1) is 14.6. The Labute approximate surface area is 177 Å². The van der Waals surface area contributed by atoms with Gasteiger partial charge in [0.15, 0.2) is 0 Å². The number of carbonyl (C=O) groups excluding carboxylic acids is 1. The number of carbonyl (C=O) groups is 1. The molecule has 0 spiro atoms. The molecule has 1 aromatic heterocycles. The van der Waals surface area contributed by atoms with Gasteiger partial charge >= 0.3 is 6.18 Å². The summed E-state index contributed by atoms with van der Waals surface area (Å²) in [5.74, 6) is -0.216. The van der Waals surface area contributed by atoms with Gasteiger partial charge in [0.1, 0.15) is 6.10 Å². The number of nitrogens with zero attached hydrogens (tertiary/aromatic N) is 3. The topological polar surface area (TPSA) is 79.8 Å². The Morgan fingerprint density at radius 3 is 2.23 bits per heavy atom. The fourth-order valence-electron chi connectivity index (χ4n) is 3.50. The SMILES string of the molecule is O=C(c1ccc(S(=O)(=O)N2CCCC2)cc1)N1CC(Oc2ccc(C(F)(F)F)cn2)C1. The number of likely N-dealkylation sites (tertiary alicyclic amines) is 1. The molecule has 0 N–H and O–H groups in total. The first-order valence-corrected chi connectivity index (χ1v) is 11.2. The van der Waals surface area contributed by atoms with E-state index in [1.54, 1.807) is 0 Å². The highest BCUT2D eigenvalue weighted by molar-refractivity contribution is 7.89. The van der Waals surface area contributed by atoms with E-state index in [1.807, 2.05) is 0 Å². The van der Waals surface area contributed by atoms with E-state index in [9.17, 15) is 26.4 Å². The van der Waals surface area contributed by atoms with Crippen LogP contribution in [0.1, 0.15) is 28.8 Å². The lowest BCUT2D eigenvalue weighted by Gasteiger charge is -2.38. The normalized spacial score (nSPS) is 18.1. The van der Waals surface area contributed by atoms with Crippen molar-refractivity contribution in [2.45, 2.75) is 30.0 Å². The molecule has 0 unspecified atom stereocenters. The summed E-state index contributed by atoms with van der Waals surface area (Å²) in [5, 5.41) is 0. The number of pyridine rings is 1. The second-order valence-electron chi connectivity index (χ2n) is 7.47. The minimum absolute atomic E-state index is 0.0570. The molecular formula is C20H20F3N3O4S. The summed E-state index contributed by atoms with van der Waals surface area (Å²) < 4.78 is 69.8. The van der Waals surface area contributed by atoms with Gasteiger partial charge in [-0.15, -0.1) is 0 Å². The number of alkyl halides is 3. The van der Waals surface area contributed by atoms with E-state index in [-0.39, 0.29) is 35.9 Å². The zero-order valence-corrected chi connectivity index (χ0v) is 17.2. The van der Waals surface area contributed by atoms with Gasteiger partial charge < -0.3 is 9.64 Å². The van der Waals surface area contributed by atoms with Gasteiger partial charge in [0.05, 0.1) is 23.5 Å². The second kappa shape index (κ2) is 8.12. The van der Waals surface area contributed by atoms with Crippen molar-refractivity contribution in [1.82, 2.24) is 14.2 Å². The highest BCUT2D eigenvalue weighted by Gasteiger charge is 2.34. The van der Waals surface area contributed by atoms with Crippen LogP contribution in [-0.4, -0.2) is 60.8 Å². The van der Waals surface area contributed by atoms with E-state index in [4.69, 9.17) is 4.74 Å². The van der Waals surface area contributed by atoms with Gasteiger partial charge in [-0.05, 0) is 43.2 Å². The molecule has 4 rings (SSSR count). The summed E-state index contributed by atoms with van der Waals surface area (Å²) in [6.45, 7) is 1.53. The van der Waals surface area contributed by atoms with Crippen LogP contribution in [0.2, 0.25) is 0 Å². The molecule has 2 aliphatic heterocycles. The fourth-order valence-corrected chi connectivity index (χ4v) is 5.01. The Balaban J connectivity index is 1.32. The predicted octanol–water partition coefficient (Wildman–Crippen LogP) is 2.79. The third-order valence-corrected chi connectivity index (χ3v) is 7.20. The maximum atomic E-state index is 12.6. The number of sulfonamides is 1. The lowest BCUT2D eigenvalue weighted by atomic mass is 10.1. The van der Waals surface area contributed by atoms with E-state index in [2.05, 4.69) is 4.98 Å². The van der Waals surface area contributed by atoms with Gasteiger partial charge in [0.25, 0.3) is 5.91 Å². The fraction of sp³-hybridized carbons (Fsp3) is 0.400. The summed E-state index contributed by atoms with van der Waals surface area (Å²) in [4.78, 5) is 17.9. The van der Waals surface area contributed by atoms with Gasteiger partial charge in [-0.25, -0.2) is 13.4 Å². The predicted molar refractivity (Wildman–Crippen MR) is 104 cm³/mol. The largest absolute Gasteiger partial charge is 0.471 e. The molecule has 0 saturated carbocycles. The Morgan fingerprint density at radius 2 is 1.68 bits per heavy atom. The summed E-state index contributed by atoms with van der Waals surface area (Å²) in [5.41, 5.74) is -0.507. The van der Waals surface area contributed by atoms with Crippen molar-refractivity contribution in [2.24, 2.45) is 0 Å². The lowest BCUT2D eigenvalue weighted by Crippen LogP contribution is -2.56. The average Bonchev–Trinajstić information content (AvgIpc) is 3.25. The van der Waals surface area contributed by atoms with Gasteiger partial charge in [-0.3, -0.25) is 4.79 Å². The third-order valence-electron chi connectivity index (χ3n) is 5.29. The van der Waals surface area contributed by atoms with Crippen molar-refractivity contribution in [2.75, 3.05) is 26.2 Å². The molecule has 0 radical (unpaired) electrons. The van der Waals surface area contributed by atoms with E-state index < -0.39 is 21.8 Å². The first kappa shape index (κ1) is 21.6. The van der Waals surface area contributed by atoms with Crippen molar-refractivity contribution in [3.05, 3.63) is 53.7 Å². The maximum absolute atomic E-state index is 12.6. The molecule has 0 atom stereocenters. The Bertz CT molecular complexity index is 1040. The average molecular weight is 455 g/mol. The van der Waals surface area contributed by atoms with Crippen molar-refractivity contribution in [3.8, 4) is 5.88 Å². The molecule has 2 aliphatic rings. The van der Waals surface area contributed by atoms with Crippen molar-refractivity contribution in [3.63, 3.8) is 0 Å². The van der Waals surface area contributed by atoms with Crippen LogP contribution in [0.5, 0.6) is 5.88 Å². The number of amides is 1. The minimum Gasteiger partial charge on any atom is -0.471 e. The first-order valence-electron chi connectivity index (χ1n) is 9.74. The third kappa shape index (κ3) is 4.52. The summed E-state index contributed by atoms with van der Waals surface area (Å²) in [7, 11) is -3.54. The van der Waals surface area contributed by atoms with Crippen LogP contribution in [0.15, 0.2) is 47.5 Å². The highest BCUT2D eigenvalue weighted by Crippen LogP contribution is 2.29. The number of hydrogen-bond acceptors (Lipinski definition) is 5. The quantitative estimate of drug-likeness (QED) is 0.693. The molecule has 2 aromatic rings. The summed E-state index contributed by atoms with van der Waals surface area (Å²) >= 11 is 0. The number of ether oxygens (including phenoxy) is 1. The molecule has 7 nitrogen and oxygen atoms in total. The summed E-state index contributed by atoms with van der Waals surface area (Å²) in [6, 6.07) is 7.86. The number of rotatable bonds is 5. The molecule has 3 heterocycles. The van der Waals surface area contributed by atoms with Crippen LogP contribution in [-0.2, 0) is 16.2 Å². The molecule has 1 amide bonds. The Hall–Kier alpha value is -2.66. The van der Waals surface area contributed by atoms with E-state index in [0.717, 1.165) is 25.0 Å². The highest BCUT2D eigenvalue weighted by atomic mass is 32.2. The monoisotopic (exact) mass is 455 g/mol. The molecule has 11 heteroatoms. The van der Waals surface area contributed by atoms with Crippen molar-refractivity contribution in [1.29, 1.82) is 0 Å². The van der Waals surface area contributed by atoms with E-state index >= 15 is 0 Å². The van der Waals surface area contributed by atoms with Gasteiger partial charge in [0, 0.05) is 30.9 Å². The Kier molecular flexibility index (Phi) is 5.65. The molecular weight excluding hydrogens is 435 g/mol. The van der Waals surface area contributed by atoms with Crippen molar-refractivity contribution < 1.29 is 31.1 Å². The second-order valence-corrected chi connectivity index (χ2v) is 9.41. The lowest BCUT2D eigenvalue weighted by molar-refractivity contribution is -0.137. The number of aromatic nitrogens is 1. The minimum atomic E-state index is -4.46. The van der Waals surface area contributed by atoms with Crippen LogP contribution >= 0.6 is 0 Å². The number of halogens is 3. The van der Waals surface area contributed by atoms with Gasteiger partial charge in [-0.1, -0.05) is 0 Å². The zero-order chi connectivity index (χ0) is 22.2. The van der Waals surface area contributed by atoms with Crippen LogP contribution < -0.4 is 4.74 Å². The van der Waals surface area contributed by atoms with Crippen molar-refractivity contribution >= 4 is 15.9 Å². The van der Waals surface area contributed by atoms with E-state index in [1.165, 1.54) is 33.5 Å². The molecule has 2 saturated heterocycles. The maximum Gasteiger partial charge on any atom is 0.417 e.